The Kier molecular flexibility index (Phi) is 7.85. The molecule has 9 nitrogen and oxygen atoms in total. The predicted octanol–water partition coefficient (Wildman–Crippen LogP) is 5.39. The van der Waals surface area contributed by atoms with Gasteiger partial charge in [-0.05, 0) is 62.1 Å². The molecule has 0 amide bonds. The second-order valence-corrected chi connectivity index (χ2v) is 12.9. The molecule has 0 spiro atoms. The van der Waals surface area contributed by atoms with E-state index in [1.807, 2.05) is 12.1 Å². The van der Waals surface area contributed by atoms with Crippen LogP contribution in [-0.4, -0.2) is 43.1 Å². The van der Waals surface area contributed by atoms with Crippen LogP contribution in [0.25, 0.3) is 0 Å². The Morgan fingerprint density at radius 3 is 2.63 bits per heavy atom. The number of fused-ring (bicyclic) bond motifs is 1. The number of para-hydroxylation sites is 1. The van der Waals surface area contributed by atoms with E-state index in [-0.39, 0.29) is 33.1 Å². The van der Waals surface area contributed by atoms with E-state index < -0.39 is 15.1 Å². The van der Waals surface area contributed by atoms with Crippen LogP contribution < -0.4 is 21.1 Å². The third-order valence-corrected chi connectivity index (χ3v) is 9.45. The topological polar surface area (TPSA) is 132 Å². The normalized spacial score (nSPS) is 16.9. The number of aryl methyl sites for hydroxylation is 1. The largest absolute Gasteiger partial charge is 0.495 e. The molecule has 0 radical (unpaired) electrons. The Morgan fingerprint density at radius 1 is 1.21 bits per heavy atom. The molecule has 1 aromatic heterocycles. The van der Waals surface area contributed by atoms with Crippen LogP contribution in [0, 0.1) is 0 Å². The van der Waals surface area contributed by atoms with Gasteiger partial charge in [-0.1, -0.05) is 37.6 Å². The first-order chi connectivity index (χ1) is 18.0. The fourth-order valence-electron chi connectivity index (χ4n) is 4.73. The number of ether oxygens (including phenoxy) is 1. The van der Waals surface area contributed by atoms with Crippen LogP contribution >= 0.6 is 11.6 Å². The molecular formula is C27H33ClN6O3S. The monoisotopic (exact) mass is 556 g/mol. The van der Waals surface area contributed by atoms with Crippen LogP contribution in [0.1, 0.15) is 45.2 Å². The van der Waals surface area contributed by atoms with Gasteiger partial charge in [0.25, 0.3) is 0 Å². The summed E-state index contributed by atoms with van der Waals surface area (Å²) in [6.45, 7) is 7.61. The molecule has 4 N–H and O–H groups in total. The van der Waals surface area contributed by atoms with Gasteiger partial charge in [0, 0.05) is 5.41 Å². The average Bonchev–Trinajstić information content (AvgIpc) is 2.87. The van der Waals surface area contributed by atoms with Crippen molar-refractivity contribution in [3.05, 3.63) is 58.7 Å². The van der Waals surface area contributed by atoms with Crippen LogP contribution in [-0.2, 0) is 21.7 Å². The lowest BCUT2D eigenvalue weighted by Gasteiger charge is -2.38. The lowest BCUT2D eigenvalue weighted by molar-refractivity contribution is 0.362. The fourth-order valence-corrected chi connectivity index (χ4v) is 6.07. The maximum Gasteiger partial charge on any atom is 0.229 e. The summed E-state index contributed by atoms with van der Waals surface area (Å²) >= 11 is 6.39. The first-order valence-corrected chi connectivity index (χ1v) is 14.3. The Morgan fingerprint density at radius 2 is 1.95 bits per heavy atom. The highest BCUT2D eigenvalue weighted by atomic mass is 35.5. The number of sulfone groups is 1. The Bertz CT molecular complexity index is 1470. The molecular weight excluding hydrogens is 524 g/mol. The lowest BCUT2D eigenvalue weighted by atomic mass is 9.69. The molecule has 2 aromatic carbocycles. The maximum absolute atomic E-state index is 12.9. The molecule has 3 aromatic rings. The smallest absolute Gasteiger partial charge is 0.229 e. The van der Waals surface area contributed by atoms with Crippen molar-refractivity contribution in [1.82, 2.24) is 9.97 Å². The fraction of sp³-hybridized carbons (Fsp3) is 0.370. The predicted molar refractivity (Wildman–Crippen MR) is 153 cm³/mol. The Labute approximate surface area is 228 Å². The van der Waals surface area contributed by atoms with E-state index in [1.165, 1.54) is 18.1 Å². The van der Waals surface area contributed by atoms with Crippen LogP contribution in [0.3, 0.4) is 0 Å². The zero-order valence-corrected chi connectivity index (χ0v) is 23.7. The molecule has 0 bridgehead atoms. The van der Waals surface area contributed by atoms with Crippen LogP contribution in [0.2, 0.25) is 5.02 Å². The van der Waals surface area contributed by atoms with Crippen molar-refractivity contribution in [2.75, 3.05) is 17.7 Å². The van der Waals surface area contributed by atoms with Crippen LogP contribution in [0.15, 0.2) is 52.5 Å². The van der Waals surface area contributed by atoms with Gasteiger partial charge in [-0.3, -0.25) is 4.99 Å². The summed E-state index contributed by atoms with van der Waals surface area (Å²) in [5, 5.41) is 5.98. The highest BCUT2D eigenvalue weighted by molar-refractivity contribution is 7.92. The van der Waals surface area contributed by atoms with Gasteiger partial charge in [-0.15, -0.1) is 0 Å². The van der Waals surface area contributed by atoms with E-state index in [0.717, 1.165) is 18.4 Å². The zero-order valence-electron chi connectivity index (χ0n) is 22.1. The number of benzene rings is 2. The number of nitrogens with two attached hydrogens (primary N) is 1. The van der Waals surface area contributed by atoms with Gasteiger partial charge < -0.3 is 21.1 Å². The van der Waals surface area contributed by atoms with Crippen LogP contribution in [0.5, 0.6) is 5.75 Å². The van der Waals surface area contributed by atoms with E-state index in [9.17, 15) is 8.42 Å². The van der Waals surface area contributed by atoms with E-state index in [2.05, 4.69) is 39.4 Å². The number of hydrogen-bond acceptors (Lipinski definition) is 8. The number of aromatic nitrogens is 2. The number of methoxy groups -OCH3 is 1. The maximum atomic E-state index is 12.9. The number of halogens is 1. The molecule has 1 heterocycles. The summed E-state index contributed by atoms with van der Waals surface area (Å²) in [5.41, 5.74) is 8.81. The van der Waals surface area contributed by atoms with Crippen molar-refractivity contribution >= 4 is 50.9 Å². The van der Waals surface area contributed by atoms with Gasteiger partial charge in [-0.25, -0.2) is 13.4 Å². The molecule has 0 saturated heterocycles. The summed E-state index contributed by atoms with van der Waals surface area (Å²) in [6, 6.07) is 10.8. The summed E-state index contributed by atoms with van der Waals surface area (Å²) in [5.74, 6) is 1.19. The summed E-state index contributed by atoms with van der Waals surface area (Å²) in [6.07, 6.45) is 4.56. The molecule has 202 valence electrons. The molecule has 0 aliphatic heterocycles. The van der Waals surface area contributed by atoms with Crippen LogP contribution in [0.4, 0.5) is 23.1 Å². The Hall–Kier alpha value is -3.37. The standard InChI is InChI=1S/C27H33ClN6O3S/c1-16(2)38(35,36)23-9-7-6-8-20(23)32-25-19(28)14-30-26(34-25)33-21-12-17-10-11-24(31-15-29)27(3,4)18(17)13-22(21)37-5/h6-9,12-16,24H,10-11H2,1-5H3,(H2,29,31)(H2,30,32,33,34). The summed E-state index contributed by atoms with van der Waals surface area (Å²) < 4.78 is 31.5. The average molecular weight is 557 g/mol. The first-order valence-electron chi connectivity index (χ1n) is 12.3. The van der Waals surface area contributed by atoms with Gasteiger partial charge >= 0.3 is 0 Å². The van der Waals surface area contributed by atoms with E-state index in [1.54, 1.807) is 45.2 Å². The molecule has 1 aliphatic carbocycles. The SMILES string of the molecule is COc1cc2c(cc1Nc1ncc(Cl)c(Nc3ccccc3S(=O)(=O)C(C)C)n1)CCC(N=CN)C2(C)C. The molecule has 4 rings (SSSR count). The van der Waals surface area contributed by atoms with Crippen molar-refractivity contribution in [2.45, 2.75) is 62.1 Å². The zero-order chi connectivity index (χ0) is 27.7. The summed E-state index contributed by atoms with van der Waals surface area (Å²) in [4.78, 5) is 13.5. The van der Waals surface area contributed by atoms with E-state index in [0.29, 0.717) is 17.1 Å². The number of rotatable bonds is 8. The summed E-state index contributed by atoms with van der Waals surface area (Å²) in [7, 11) is -1.92. The second-order valence-electron chi connectivity index (χ2n) is 10.0. The van der Waals surface area contributed by atoms with Crippen molar-refractivity contribution in [3.8, 4) is 5.75 Å². The third-order valence-electron chi connectivity index (χ3n) is 6.96. The molecule has 0 fully saturated rings. The lowest BCUT2D eigenvalue weighted by Crippen LogP contribution is -2.37. The Balaban J connectivity index is 1.67. The highest BCUT2D eigenvalue weighted by Gasteiger charge is 2.37. The molecule has 0 saturated carbocycles. The van der Waals surface area contributed by atoms with Crippen molar-refractivity contribution < 1.29 is 13.2 Å². The van der Waals surface area contributed by atoms with Gasteiger partial charge in [-0.2, -0.15) is 4.98 Å². The van der Waals surface area contributed by atoms with Crippen molar-refractivity contribution in [1.29, 1.82) is 0 Å². The second kappa shape index (κ2) is 10.8. The number of anilines is 4. The van der Waals surface area contributed by atoms with Crippen molar-refractivity contribution in [3.63, 3.8) is 0 Å². The molecule has 1 unspecified atom stereocenters. The van der Waals surface area contributed by atoms with Gasteiger partial charge in [0.15, 0.2) is 15.7 Å². The minimum Gasteiger partial charge on any atom is -0.495 e. The minimum absolute atomic E-state index is 0.0825. The van der Waals surface area contributed by atoms with E-state index in [4.69, 9.17) is 22.1 Å². The van der Waals surface area contributed by atoms with Gasteiger partial charge in [0.2, 0.25) is 5.95 Å². The third kappa shape index (κ3) is 5.28. The molecule has 38 heavy (non-hydrogen) atoms. The number of hydrogen-bond donors (Lipinski definition) is 3. The minimum atomic E-state index is -3.53. The van der Waals surface area contributed by atoms with Gasteiger partial charge in [0.05, 0.1) is 47.2 Å². The van der Waals surface area contributed by atoms with Gasteiger partial charge in [0.1, 0.15) is 10.8 Å². The quantitative estimate of drug-likeness (QED) is 0.248. The molecule has 1 aliphatic rings. The first kappa shape index (κ1) is 27.7. The molecule has 11 heteroatoms. The van der Waals surface area contributed by atoms with E-state index >= 15 is 0 Å². The molecule has 1 atom stereocenters. The van der Waals surface area contributed by atoms with Crippen molar-refractivity contribution in [2.24, 2.45) is 10.7 Å². The number of nitrogens with one attached hydrogen (secondary N) is 2. The number of nitrogens with zero attached hydrogens (tertiary/aromatic N) is 3. The number of aliphatic imine (C=N–C) groups is 1. The highest BCUT2D eigenvalue weighted by Crippen LogP contribution is 2.43.